The van der Waals surface area contributed by atoms with Crippen LogP contribution in [0.1, 0.15) is 38.7 Å². The molecular weight excluding hydrogens is 309 g/mol. The van der Waals surface area contributed by atoms with Gasteiger partial charge in [0.05, 0.1) is 0 Å². The van der Waals surface area contributed by atoms with Crippen LogP contribution >= 0.6 is 0 Å². The van der Waals surface area contributed by atoms with Gasteiger partial charge in [-0.2, -0.15) is 0 Å². The minimum atomic E-state index is -0.178. The van der Waals surface area contributed by atoms with Gasteiger partial charge in [-0.1, -0.05) is 50.2 Å². The summed E-state index contributed by atoms with van der Waals surface area (Å²) in [4.78, 5) is 2.65. The second-order valence-corrected chi connectivity index (χ2v) is 8.57. The van der Waals surface area contributed by atoms with Gasteiger partial charge in [0.25, 0.3) is 0 Å². The van der Waals surface area contributed by atoms with Crippen molar-refractivity contribution in [3.05, 3.63) is 59.9 Å². The highest BCUT2D eigenvalue weighted by Gasteiger charge is 2.37. The van der Waals surface area contributed by atoms with Gasteiger partial charge >= 0.3 is 0 Å². The number of piperidine rings is 3. The molecule has 3 heterocycles. The predicted octanol–water partition coefficient (Wildman–Crippen LogP) is 5.50. The standard InChI is InChI=1S/C23H28FN/c1-23(2,15-20-16-25-12-10-18(20)11-13-25)21-5-3-4-19(14-21)17-6-8-22(24)9-7-17/h3-9,14,18,20H,10-13,15-16H2,1-2H3. The largest absolute Gasteiger partial charge is 0.303 e. The molecule has 1 atom stereocenters. The molecule has 3 aliphatic rings. The molecule has 0 aromatic heterocycles. The van der Waals surface area contributed by atoms with E-state index in [-0.39, 0.29) is 11.2 Å². The molecule has 0 amide bonds. The van der Waals surface area contributed by atoms with E-state index in [1.807, 2.05) is 12.1 Å². The maximum absolute atomic E-state index is 13.2. The summed E-state index contributed by atoms with van der Waals surface area (Å²) in [5, 5.41) is 0. The zero-order chi connectivity index (χ0) is 17.4. The summed E-state index contributed by atoms with van der Waals surface area (Å²) in [6, 6.07) is 15.7. The number of hydrogen-bond acceptors (Lipinski definition) is 1. The van der Waals surface area contributed by atoms with Crippen molar-refractivity contribution in [1.82, 2.24) is 4.90 Å². The molecule has 3 aliphatic heterocycles. The van der Waals surface area contributed by atoms with Crippen molar-refractivity contribution in [2.45, 2.75) is 38.5 Å². The van der Waals surface area contributed by atoms with Crippen LogP contribution in [0.5, 0.6) is 0 Å². The third kappa shape index (κ3) is 3.50. The topological polar surface area (TPSA) is 3.24 Å². The number of nitrogens with zero attached hydrogens (tertiary/aromatic N) is 1. The third-order valence-corrected chi connectivity index (χ3v) is 6.39. The zero-order valence-electron chi connectivity index (χ0n) is 15.3. The first-order valence-corrected chi connectivity index (χ1v) is 9.60. The Bertz CT molecular complexity index is 726. The normalized spacial score (nSPS) is 26.0. The average Bonchev–Trinajstić information content (AvgIpc) is 2.63. The molecule has 132 valence electrons. The SMILES string of the molecule is CC(C)(CC1CN2CCC1CC2)c1cccc(-c2ccc(F)cc2)c1. The van der Waals surface area contributed by atoms with E-state index in [9.17, 15) is 4.39 Å². The van der Waals surface area contributed by atoms with E-state index in [4.69, 9.17) is 0 Å². The molecule has 3 saturated heterocycles. The summed E-state index contributed by atoms with van der Waals surface area (Å²) in [5.74, 6) is 1.57. The molecule has 0 radical (unpaired) electrons. The van der Waals surface area contributed by atoms with E-state index < -0.39 is 0 Å². The minimum absolute atomic E-state index is 0.166. The first kappa shape index (κ1) is 16.8. The monoisotopic (exact) mass is 337 g/mol. The summed E-state index contributed by atoms with van der Waals surface area (Å²) in [5.41, 5.74) is 3.83. The Morgan fingerprint density at radius 3 is 2.36 bits per heavy atom. The molecule has 2 aromatic rings. The van der Waals surface area contributed by atoms with Gasteiger partial charge in [-0.25, -0.2) is 4.39 Å². The van der Waals surface area contributed by atoms with Gasteiger partial charge in [-0.3, -0.25) is 0 Å². The van der Waals surface area contributed by atoms with Crippen LogP contribution in [0.25, 0.3) is 11.1 Å². The maximum Gasteiger partial charge on any atom is 0.123 e. The van der Waals surface area contributed by atoms with Crippen molar-refractivity contribution in [1.29, 1.82) is 0 Å². The second-order valence-electron chi connectivity index (χ2n) is 8.57. The second kappa shape index (κ2) is 6.57. The third-order valence-electron chi connectivity index (χ3n) is 6.39. The smallest absolute Gasteiger partial charge is 0.123 e. The highest BCUT2D eigenvalue weighted by atomic mass is 19.1. The van der Waals surface area contributed by atoms with Crippen LogP contribution < -0.4 is 0 Å². The maximum atomic E-state index is 13.2. The van der Waals surface area contributed by atoms with Crippen LogP contribution in [0.15, 0.2) is 48.5 Å². The lowest BCUT2D eigenvalue weighted by atomic mass is 9.69. The van der Waals surface area contributed by atoms with Crippen molar-refractivity contribution in [2.75, 3.05) is 19.6 Å². The van der Waals surface area contributed by atoms with E-state index in [0.717, 1.165) is 17.4 Å². The molecule has 0 saturated carbocycles. The molecule has 2 heteroatoms. The summed E-state index contributed by atoms with van der Waals surface area (Å²) in [7, 11) is 0. The Morgan fingerprint density at radius 1 is 1.00 bits per heavy atom. The van der Waals surface area contributed by atoms with Gasteiger partial charge in [0.15, 0.2) is 0 Å². The quantitative estimate of drug-likeness (QED) is 0.712. The molecule has 0 aliphatic carbocycles. The van der Waals surface area contributed by atoms with Crippen LogP contribution in [-0.2, 0) is 5.41 Å². The van der Waals surface area contributed by atoms with E-state index in [0.29, 0.717) is 0 Å². The Kier molecular flexibility index (Phi) is 4.41. The molecule has 0 spiro atoms. The molecule has 0 N–H and O–H groups in total. The molecule has 5 rings (SSSR count). The van der Waals surface area contributed by atoms with Gasteiger partial charge in [-0.05, 0) is 78.4 Å². The summed E-state index contributed by atoms with van der Waals surface area (Å²) < 4.78 is 13.2. The van der Waals surface area contributed by atoms with E-state index >= 15 is 0 Å². The van der Waals surface area contributed by atoms with Gasteiger partial charge < -0.3 is 4.90 Å². The fourth-order valence-corrected chi connectivity index (χ4v) is 4.85. The number of fused-ring (bicyclic) bond motifs is 3. The Balaban J connectivity index is 1.55. The van der Waals surface area contributed by atoms with Crippen LogP contribution in [0.4, 0.5) is 4.39 Å². The number of benzene rings is 2. The van der Waals surface area contributed by atoms with Gasteiger partial charge in [0.2, 0.25) is 0 Å². The fourth-order valence-electron chi connectivity index (χ4n) is 4.85. The highest BCUT2D eigenvalue weighted by molar-refractivity contribution is 5.64. The van der Waals surface area contributed by atoms with Gasteiger partial charge in [0.1, 0.15) is 5.82 Å². The van der Waals surface area contributed by atoms with E-state index in [1.165, 1.54) is 50.0 Å². The highest BCUT2D eigenvalue weighted by Crippen LogP contribution is 2.41. The first-order valence-electron chi connectivity index (χ1n) is 9.60. The van der Waals surface area contributed by atoms with Crippen LogP contribution in [-0.4, -0.2) is 24.5 Å². The van der Waals surface area contributed by atoms with E-state index in [1.54, 1.807) is 12.1 Å². The Labute approximate surface area is 150 Å². The van der Waals surface area contributed by atoms with Crippen molar-refractivity contribution in [3.8, 4) is 11.1 Å². The molecule has 2 aromatic carbocycles. The molecule has 2 bridgehead atoms. The minimum Gasteiger partial charge on any atom is -0.303 e. The van der Waals surface area contributed by atoms with Crippen molar-refractivity contribution in [2.24, 2.45) is 11.8 Å². The number of hydrogen-bond donors (Lipinski definition) is 0. The van der Waals surface area contributed by atoms with Gasteiger partial charge in [0, 0.05) is 6.54 Å². The molecular formula is C23H28FN. The summed E-state index contributed by atoms with van der Waals surface area (Å²) >= 11 is 0. The van der Waals surface area contributed by atoms with Crippen LogP contribution in [0, 0.1) is 17.7 Å². The van der Waals surface area contributed by atoms with Crippen molar-refractivity contribution in [3.63, 3.8) is 0 Å². The lowest BCUT2D eigenvalue weighted by molar-refractivity contribution is 0.0368. The summed E-state index contributed by atoms with van der Waals surface area (Å²) in [6.45, 7) is 8.66. The average molecular weight is 337 g/mol. The molecule has 1 nitrogen and oxygen atoms in total. The predicted molar refractivity (Wildman–Crippen MR) is 102 cm³/mol. The lowest BCUT2D eigenvalue weighted by Crippen LogP contribution is -2.48. The number of rotatable bonds is 4. The van der Waals surface area contributed by atoms with Crippen LogP contribution in [0.3, 0.4) is 0 Å². The molecule has 25 heavy (non-hydrogen) atoms. The zero-order valence-corrected chi connectivity index (χ0v) is 15.3. The van der Waals surface area contributed by atoms with E-state index in [2.05, 4.69) is 43.0 Å². The van der Waals surface area contributed by atoms with Crippen molar-refractivity contribution < 1.29 is 4.39 Å². The Hall–Kier alpha value is -1.67. The first-order chi connectivity index (χ1) is 12.0. The summed E-state index contributed by atoms with van der Waals surface area (Å²) in [6.07, 6.45) is 4.02. The lowest BCUT2D eigenvalue weighted by Gasteiger charge is -2.47. The molecule has 1 unspecified atom stereocenters. The number of halogens is 1. The van der Waals surface area contributed by atoms with Crippen LogP contribution in [0.2, 0.25) is 0 Å². The fraction of sp³-hybridized carbons (Fsp3) is 0.478. The van der Waals surface area contributed by atoms with Crippen molar-refractivity contribution >= 4 is 0 Å². The Morgan fingerprint density at radius 2 is 1.72 bits per heavy atom. The molecule has 3 fully saturated rings. The van der Waals surface area contributed by atoms with Gasteiger partial charge in [-0.15, -0.1) is 0 Å².